The fraction of sp³-hybridized carbons (Fsp3) is 0.125. The first-order valence-corrected chi connectivity index (χ1v) is 6.87. The Balaban J connectivity index is 2.10. The van der Waals surface area contributed by atoms with E-state index in [1.165, 1.54) is 25.3 Å². The minimum absolute atomic E-state index is 0.00704. The van der Waals surface area contributed by atoms with E-state index in [9.17, 15) is 22.8 Å². The maximum atomic E-state index is 13.5. The van der Waals surface area contributed by atoms with Crippen LogP contribution in [0, 0.1) is 17.5 Å². The zero-order valence-electron chi connectivity index (χ0n) is 12.9. The molecule has 0 aliphatic carbocycles. The van der Waals surface area contributed by atoms with E-state index in [-0.39, 0.29) is 11.3 Å². The average Bonchev–Trinajstić information content (AvgIpc) is 2.60. The second-order valence-corrected chi connectivity index (χ2v) is 4.79. The topological polar surface area (TPSA) is 90.7 Å². The lowest BCUT2D eigenvalue weighted by molar-refractivity contribution is -0.118. The Morgan fingerprint density at radius 2 is 1.84 bits per heavy atom. The molecule has 2 aromatic rings. The Bertz CT molecular complexity index is 827. The molecule has 0 atom stereocenters. The van der Waals surface area contributed by atoms with Crippen molar-refractivity contribution in [2.75, 3.05) is 19.0 Å². The smallest absolute Gasteiger partial charge is 0.262 e. The summed E-state index contributed by atoms with van der Waals surface area (Å²) in [5.74, 6) is -5.93. The van der Waals surface area contributed by atoms with Gasteiger partial charge in [0, 0.05) is 6.07 Å². The standard InChI is InChI=1S/C16H13F3N2O4/c1-24-8-2-3-9(16(20)23)12(6-8)25-7-13(22)21-11-5-4-10(17)14(18)15(11)19/h2-6H,7H2,1H3,(H2,20,23)(H,21,22). The van der Waals surface area contributed by atoms with Gasteiger partial charge in [-0.1, -0.05) is 0 Å². The molecule has 0 radical (unpaired) electrons. The van der Waals surface area contributed by atoms with E-state index < -0.39 is 41.6 Å². The maximum absolute atomic E-state index is 13.5. The van der Waals surface area contributed by atoms with Crippen LogP contribution in [-0.2, 0) is 4.79 Å². The third kappa shape index (κ3) is 4.19. The first-order chi connectivity index (χ1) is 11.8. The van der Waals surface area contributed by atoms with Gasteiger partial charge in [0.25, 0.3) is 11.8 Å². The third-order valence-corrected chi connectivity index (χ3v) is 3.12. The lowest BCUT2D eigenvalue weighted by Crippen LogP contribution is -2.22. The molecule has 2 rings (SSSR count). The summed E-state index contributed by atoms with van der Waals surface area (Å²) < 4.78 is 49.6. The van der Waals surface area contributed by atoms with Gasteiger partial charge in [0.1, 0.15) is 11.5 Å². The van der Waals surface area contributed by atoms with Crippen molar-refractivity contribution in [3.63, 3.8) is 0 Å². The molecule has 132 valence electrons. The monoisotopic (exact) mass is 354 g/mol. The fourth-order valence-electron chi connectivity index (χ4n) is 1.90. The molecule has 0 aliphatic heterocycles. The molecule has 2 amide bonds. The van der Waals surface area contributed by atoms with Gasteiger partial charge in [-0.2, -0.15) is 0 Å². The van der Waals surface area contributed by atoms with Gasteiger partial charge >= 0.3 is 0 Å². The zero-order valence-corrected chi connectivity index (χ0v) is 12.9. The summed E-state index contributed by atoms with van der Waals surface area (Å²) in [6.45, 7) is -0.633. The molecule has 2 aromatic carbocycles. The molecule has 0 bridgehead atoms. The van der Waals surface area contributed by atoms with Gasteiger partial charge in [-0.3, -0.25) is 9.59 Å². The number of halogens is 3. The summed E-state index contributed by atoms with van der Waals surface area (Å²) in [5.41, 5.74) is 4.66. The number of carbonyl (C=O) groups is 2. The van der Waals surface area contributed by atoms with Crippen LogP contribution < -0.4 is 20.5 Å². The van der Waals surface area contributed by atoms with E-state index >= 15 is 0 Å². The Labute approximate surface area is 140 Å². The van der Waals surface area contributed by atoms with Crippen molar-refractivity contribution in [3.05, 3.63) is 53.3 Å². The van der Waals surface area contributed by atoms with E-state index in [0.29, 0.717) is 11.8 Å². The summed E-state index contributed by atoms with van der Waals surface area (Å²) in [6.07, 6.45) is 0. The van der Waals surface area contributed by atoms with Gasteiger partial charge in [-0.15, -0.1) is 0 Å². The number of carbonyl (C=O) groups excluding carboxylic acids is 2. The number of rotatable bonds is 6. The molecule has 0 fully saturated rings. The Kier molecular flexibility index (Phi) is 5.48. The van der Waals surface area contributed by atoms with Crippen LogP contribution in [0.1, 0.15) is 10.4 Å². The molecular formula is C16H13F3N2O4. The number of hydrogen-bond acceptors (Lipinski definition) is 4. The van der Waals surface area contributed by atoms with E-state index in [1.807, 2.05) is 5.32 Å². The minimum atomic E-state index is -1.71. The third-order valence-electron chi connectivity index (χ3n) is 3.12. The van der Waals surface area contributed by atoms with Crippen molar-refractivity contribution in [2.24, 2.45) is 5.73 Å². The van der Waals surface area contributed by atoms with Crippen LogP contribution in [0.4, 0.5) is 18.9 Å². The summed E-state index contributed by atoms with van der Waals surface area (Å²) >= 11 is 0. The Morgan fingerprint density at radius 3 is 2.48 bits per heavy atom. The van der Waals surface area contributed by atoms with Crippen molar-refractivity contribution < 1.29 is 32.2 Å². The molecule has 0 spiro atoms. The van der Waals surface area contributed by atoms with Crippen molar-refractivity contribution in [3.8, 4) is 11.5 Å². The highest BCUT2D eigenvalue weighted by atomic mass is 19.2. The van der Waals surface area contributed by atoms with Gasteiger partial charge in [0.2, 0.25) is 0 Å². The predicted molar refractivity (Wildman–Crippen MR) is 82.0 cm³/mol. The van der Waals surface area contributed by atoms with Crippen LogP contribution >= 0.6 is 0 Å². The number of nitrogens with two attached hydrogens (primary N) is 1. The minimum Gasteiger partial charge on any atom is -0.497 e. The molecule has 0 aliphatic rings. The lowest BCUT2D eigenvalue weighted by Gasteiger charge is -2.12. The number of benzene rings is 2. The van der Waals surface area contributed by atoms with Crippen LogP contribution in [0.3, 0.4) is 0 Å². The number of hydrogen-bond donors (Lipinski definition) is 2. The normalized spacial score (nSPS) is 10.2. The summed E-state index contributed by atoms with van der Waals surface area (Å²) in [5, 5.41) is 2.03. The molecule has 0 heterocycles. The molecule has 6 nitrogen and oxygen atoms in total. The summed E-state index contributed by atoms with van der Waals surface area (Å²) in [6, 6.07) is 5.70. The number of nitrogens with one attached hydrogen (secondary N) is 1. The van der Waals surface area contributed by atoms with E-state index in [0.717, 1.165) is 6.07 Å². The van der Waals surface area contributed by atoms with Crippen LogP contribution in [0.5, 0.6) is 11.5 Å². The van der Waals surface area contributed by atoms with Gasteiger partial charge in [-0.25, -0.2) is 13.2 Å². The number of anilines is 1. The molecule has 9 heteroatoms. The van der Waals surface area contributed by atoms with Crippen LogP contribution in [0.2, 0.25) is 0 Å². The highest BCUT2D eigenvalue weighted by Crippen LogP contribution is 2.25. The Morgan fingerprint density at radius 1 is 1.12 bits per heavy atom. The van der Waals surface area contributed by atoms with Gasteiger partial charge < -0.3 is 20.5 Å². The summed E-state index contributed by atoms with van der Waals surface area (Å²) in [4.78, 5) is 23.1. The lowest BCUT2D eigenvalue weighted by atomic mass is 10.2. The molecule has 0 aromatic heterocycles. The largest absolute Gasteiger partial charge is 0.497 e. The molecular weight excluding hydrogens is 341 g/mol. The molecule has 0 saturated carbocycles. The fourth-order valence-corrected chi connectivity index (χ4v) is 1.90. The van der Waals surface area contributed by atoms with Crippen LogP contribution in [-0.4, -0.2) is 25.5 Å². The van der Waals surface area contributed by atoms with E-state index in [1.54, 1.807) is 0 Å². The SMILES string of the molecule is COc1ccc(C(N)=O)c(OCC(=O)Nc2ccc(F)c(F)c2F)c1. The molecule has 0 unspecified atom stereocenters. The molecule has 25 heavy (non-hydrogen) atoms. The van der Waals surface area contributed by atoms with Gasteiger partial charge in [-0.05, 0) is 24.3 Å². The van der Waals surface area contributed by atoms with Crippen molar-refractivity contribution in [1.82, 2.24) is 0 Å². The average molecular weight is 354 g/mol. The highest BCUT2D eigenvalue weighted by Gasteiger charge is 2.17. The van der Waals surface area contributed by atoms with Crippen LogP contribution in [0.25, 0.3) is 0 Å². The van der Waals surface area contributed by atoms with Gasteiger partial charge in [0.05, 0.1) is 18.4 Å². The van der Waals surface area contributed by atoms with Gasteiger partial charge in [0.15, 0.2) is 24.1 Å². The molecule has 0 saturated heterocycles. The predicted octanol–water partition coefficient (Wildman–Crippen LogP) is 2.23. The zero-order chi connectivity index (χ0) is 18.6. The first-order valence-electron chi connectivity index (χ1n) is 6.87. The molecule has 3 N–H and O–H groups in total. The quantitative estimate of drug-likeness (QED) is 0.779. The first kappa shape index (κ1) is 18.1. The highest BCUT2D eigenvalue weighted by molar-refractivity contribution is 5.96. The number of amides is 2. The second kappa shape index (κ2) is 7.56. The van der Waals surface area contributed by atoms with Crippen molar-refractivity contribution >= 4 is 17.5 Å². The second-order valence-electron chi connectivity index (χ2n) is 4.79. The Hall–Kier alpha value is -3.23. The number of primary amides is 1. The maximum Gasteiger partial charge on any atom is 0.262 e. The number of methoxy groups -OCH3 is 1. The van der Waals surface area contributed by atoms with Crippen molar-refractivity contribution in [2.45, 2.75) is 0 Å². The van der Waals surface area contributed by atoms with Crippen molar-refractivity contribution in [1.29, 1.82) is 0 Å². The van der Waals surface area contributed by atoms with Crippen LogP contribution in [0.15, 0.2) is 30.3 Å². The van der Waals surface area contributed by atoms with E-state index in [2.05, 4.69) is 0 Å². The number of ether oxygens (including phenoxy) is 2. The summed E-state index contributed by atoms with van der Waals surface area (Å²) in [7, 11) is 1.39. The van der Waals surface area contributed by atoms with E-state index in [4.69, 9.17) is 15.2 Å².